The van der Waals surface area contributed by atoms with Crippen molar-refractivity contribution in [3.05, 3.63) is 92.1 Å². The maximum Gasteiger partial charge on any atom is 0.277 e. The molecule has 1 aliphatic heterocycles. The number of hydrogen-bond donors (Lipinski definition) is 0. The summed E-state index contributed by atoms with van der Waals surface area (Å²) in [5.74, 6) is -0.0576. The molecular formula is C25H25N5O2S. The maximum atomic E-state index is 13.9. The number of fused-ring (bicyclic) bond motifs is 1. The second-order valence-corrected chi connectivity index (χ2v) is 9.39. The van der Waals surface area contributed by atoms with Gasteiger partial charge in [0, 0.05) is 32.0 Å². The van der Waals surface area contributed by atoms with Crippen LogP contribution in [0.3, 0.4) is 0 Å². The van der Waals surface area contributed by atoms with E-state index in [9.17, 15) is 9.59 Å². The highest BCUT2D eigenvalue weighted by atomic mass is 32.1. The molecule has 0 fully saturated rings. The van der Waals surface area contributed by atoms with Crippen LogP contribution in [0.2, 0.25) is 0 Å². The standard InChI is InChI=1S/C25H25N5O2S/c1-15-16(2)27-28(4)24(31)20(15)23-26-17(3)22(33-23)25(32)30-14-13-29-12-8-11-19(29)21(30)18-9-6-5-7-10-18/h5-12,21H,13-14H2,1-4H3. The number of nitrogens with zero attached hydrogens (tertiary/aromatic N) is 5. The summed E-state index contributed by atoms with van der Waals surface area (Å²) in [4.78, 5) is 33.9. The van der Waals surface area contributed by atoms with Crippen molar-refractivity contribution in [1.29, 1.82) is 0 Å². The van der Waals surface area contributed by atoms with Gasteiger partial charge in [0.25, 0.3) is 11.5 Å². The third-order valence-electron chi connectivity index (χ3n) is 6.34. The summed E-state index contributed by atoms with van der Waals surface area (Å²) in [6.45, 7) is 6.93. The van der Waals surface area contributed by atoms with Gasteiger partial charge in [0.05, 0.1) is 23.0 Å². The molecule has 168 valence electrons. The monoisotopic (exact) mass is 459 g/mol. The van der Waals surface area contributed by atoms with Crippen LogP contribution in [0.4, 0.5) is 0 Å². The quantitative estimate of drug-likeness (QED) is 0.466. The average Bonchev–Trinajstić information content (AvgIpc) is 3.44. The molecule has 4 heterocycles. The molecule has 0 saturated heterocycles. The lowest BCUT2D eigenvalue weighted by Gasteiger charge is -2.37. The van der Waals surface area contributed by atoms with Crippen LogP contribution < -0.4 is 5.56 Å². The van der Waals surface area contributed by atoms with E-state index in [0.29, 0.717) is 27.7 Å². The molecular weight excluding hydrogens is 434 g/mol. The number of carbonyl (C=O) groups is 1. The second-order valence-electron chi connectivity index (χ2n) is 8.39. The van der Waals surface area contributed by atoms with Crippen molar-refractivity contribution >= 4 is 17.2 Å². The topological polar surface area (TPSA) is 73.0 Å². The number of amides is 1. The molecule has 0 radical (unpaired) electrons. The summed E-state index contributed by atoms with van der Waals surface area (Å²) in [7, 11) is 1.64. The van der Waals surface area contributed by atoms with Crippen LogP contribution in [0.15, 0.2) is 53.5 Å². The largest absolute Gasteiger partial charge is 0.348 e. The van der Waals surface area contributed by atoms with Crippen molar-refractivity contribution in [1.82, 2.24) is 24.2 Å². The van der Waals surface area contributed by atoms with Crippen molar-refractivity contribution in [3.8, 4) is 10.6 Å². The van der Waals surface area contributed by atoms with Crippen molar-refractivity contribution in [2.75, 3.05) is 6.54 Å². The zero-order chi connectivity index (χ0) is 23.3. The normalized spacial score (nSPS) is 15.5. The van der Waals surface area contributed by atoms with E-state index >= 15 is 0 Å². The van der Waals surface area contributed by atoms with Gasteiger partial charge in [0.1, 0.15) is 9.88 Å². The first-order valence-corrected chi connectivity index (χ1v) is 11.7. The van der Waals surface area contributed by atoms with E-state index in [0.717, 1.165) is 29.1 Å². The molecule has 5 rings (SSSR count). The molecule has 1 aromatic carbocycles. The molecule has 0 aliphatic carbocycles. The van der Waals surface area contributed by atoms with E-state index in [1.54, 1.807) is 7.05 Å². The third kappa shape index (κ3) is 3.51. The second kappa shape index (κ2) is 8.12. The fourth-order valence-corrected chi connectivity index (χ4v) is 5.64. The van der Waals surface area contributed by atoms with Crippen LogP contribution in [0.1, 0.15) is 43.9 Å². The highest BCUT2D eigenvalue weighted by Gasteiger charge is 2.34. The summed E-state index contributed by atoms with van der Waals surface area (Å²) in [6.07, 6.45) is 2.06. The third-order valence-corrected chi connectivity index (χ3v) is 7.51. The highest BCUT2D eigenvalue weighted by Crippen LogP contribution is 2.36. The van der Waals surface area contributed by atoms with Crippen molar-refractivity contribution in [3.63, 3.8) is 0 Å². The highest BCUT2D eigenvalue weighted by molar-refractivity contribution is 7.17. The first-order chi connectivity index (χ1) is 15.9. The Morgan fingerprint density at radius 2 is 1.79 bits per heavy atom. The van der Waals surface area contributed by atoms with Gasteiger partial charge < -0.3 is 9.47 Å². The van der Waals surface area contributed by atoms with Gasteiger partial charge >= 0.3 is 0 Å². The Bertz CT molecular complexity index is 1420. The Hall–Kier alpha value is -3.52. The summed E-state index contributed by atoms with van der Waals surface area (Å²) in [5, 5.41) is 4.83. The lowest BCUT2D eigenvalue weighted by molar-refractivity contribution is 0.0668. The first kappa shape index (κ1) is 21.3. The van der Waals surface area contributed by atoms with Gasteiger partial charge in [-0.25, -0.2) is 9.67 Å². The Morgan fingerprint density at radius 1 is 1.03 bits per heavy atom. The average molecular weight is 460 g/mol. The van der Waals surface area contributed by atoms with Crippen molar-refractivity contribution in [2.45, 2.75) is 33.4 Å². The molecule has 0 saturated carbocycles. The fraction of sp³-hybridized carbons (Fsp3) is 0.280. The van der Waals surface area contributed by atoms with Gasteiger partial charge in [0.15, 0.2) is 0 Å². The summed E-state index contributed by atoms with van der Waals surface area (Å²) >= 11 is 1.29. The zero-order valence-electron chi connectivity index (χ0n) is 19.1. The van der Waals surface area contributed by atoms with E-state index in [1.807, 2.05) is 49.9 Å². The number of thiazole rings is 1. The van der Waals surface area contributed by atoms with E-state index in [-0.39, 0.29) is 17.5 Å². The molecule has 1 unspecified atom stereocenters. The maximum absolute atomic E-state index is 13.9. The molecule has 4 aromatic rings. The van der Waals surface area contributed by atoms with Crippen LogP contribution in [0.25, 0.3) is 10.6 Å². The minimum absolute atomic E-state index is 0.0576. The lowest BCUT2D eigenvalue weighted by Crippen LogP contribution is -2.42. The molecule has 3 aromatic heterocycles. The van der Waals surface area contributed by atoms with Crippen LogP contribution in [0.5, 0.6) is 0 Å². The predicted molar refractivity (Wildman–Crippen MR) is 129 cm³/mol. The number of hydrogen-bond acceptors (Lipinski definition) is 5. The Balaban J connectivity index is 1.59. The zero-order valence-corrected chi connectivity index (χ0v) is 19.9. The molecule has 0 spiro atoms. The van der Waals surface area contributed by atoms with Crippen LogP contribution >= 0.6 is 11.3 Å². The molecule has 1 aliphatic rings. The van der Waals surface area contributed by atoms with Gasteiger partial charge in [0.2, 0.25) is 0 Å². The molecule has 33 heavy (non-hydrogen) atoms. The SMILES string of the molecule is Cc1nc(-c2c(C)c(C)nn(C)c2=O)sc1C(=O)N1CCn2cccc2C1c1ccccc1. The number of carbonyl (C=O) groups excluding carboxylic acids is 1. The summed E-state index contributed by atoms with van der Waals surface area (Å²) in [5.41, 5.74) is 4.69. The molecule has 8 heteroatoms. The molecule has 1 atom stereocenters. The molecule has 0 N–H and O–H groups in total. The van der Waals surface area contributed by atoms with Gasteiger partial charge in [-0.15, -0.1) is 11.3 Å². The smallest absolute Gasteiger partial charge is 0.277 e. The summed E-state index contributed by atoms with van der Waals surface area (Å²) in [6, 6.07) is 14.0. The van der Waals surface area contributed by atoms with Gasteiger partial charge in [-0.05, 0) is 44.0 Å². The van der Waals surface area contributed by atoms with Crippen LogP contribution in [-0.4, -0.2) is 36.7 Å². The van der Waals surface area contributed by atoms with Crippen LogP contribution in [0, 0.1) is 20.8 Å². The van der Waals surface area contributed by atoms with E-state index < -0.39 is 0 Å². The minimum Gasteiger partial charge on any atom is -0.348 e. The number of benzene rings is 1. The Morgan fingerprint density at radius 3 is 2.55 bits per heavy atom. The Labute approximate surface area is 195 Å². The van der Waals surface area contributed by atoms with Crippen LogP contribution in [-0.2, 0) is 13.6 Å². The Kier molecular flexibility index (Phi) is 5.25. The van der Waals surface area contributed by atoms with Crippen molar-refractivity contribution in [2.24, 2.45) is 7.05 Å². The summed E-state index contributed by atoms with van der Waals surface area (Å²) < 4.78 is 3.54. The number of aryl methyl sites for hydroxylation is 3. The van der Waals surface area contributed by atoms with E-state index in [1.165, 1.54) is 16.0 Å². The number of rotatable bonds is 3. The van der Waals surface area contributed by atoms with Gasteiger partial charge in [-0.2, -0.15) is 5.10 Å². The predicted octanol–water partition coefficient (Wildman–Crippen LogP) is 3.88. The molecule has 7 nitrogen and oxygen atoms in total. The van der Waals surface area contributed by atoms with E-state index in [2.05, 4.69) is 39.0 Å². The van der Waals surface area contributed by atoms with E-state index in [4.69, 9.17) is 0 Å². The van der Waals surface area contributed by atoms with Crippen molar-refractivity contribution < 1.29 is 4.79 Å². The van der Waals surface area contributed by atoms with Gasteiger partial charge in [-0.1, -0.05) is 30.3 Å². The minimum atomic E-state index is -0.205. The fourth-order valence-electron chi connectivity index (χ4n) is 4.52. The number of aromatic nitrogens is 4. The van der Waals surface area contributed by atoms with Gasteiger partial charge in [-0.3, -0.25) is 9.59 Å². The molecule has 0 bridgehead atoms. The first-order valence-electron chi connectivity index (χ1n) is 10.9. The molecule has 1 amide bonds. The lowest BCUT2D eigenvalue weighted by atomic mass is 9.99.